The maximum atomic E-state index is 6.41. The fourth-order valence-corrected chi connectivity index (χ4v) is 3.00. The lowest BCUT2D eigenvalue weighted by Gasteiger charge is -2.25. The lowest BCUT2D eigenvalue weighted by molar-refractivity contribution is 0.414. The minimum atomic E-state index is 0.0552. The molecule has 0 spiro atoms. The number of fused-ring (bicyclic) bond motifs is 1. The van der Waals surface area contributed by atoms with Crippen molar-refractivity contribution in [3.8, 4) is 5.75 Å². The number of nitrogens with zero attached hydrogens (tertiary/aromatic N) is 1. The molecule has 1 aliphatic rings. The Hall–Kier alpha value is -1.48. The summed E-state index contributed by atoms with van der Waals surface area (Å²) in [6.07, 6.45) is 3.78. The van der Waals surface area contributed by atoms with Crippen molar-refractivity contribution in [2.75, 3.05) is 7.11 Å². The van der Waals surface area contributed by atoms with E-state index >= 15 is 0 Å². The first-order valence-corrected chi connectivity index (χ1v) is 6.51. The van der Waals surface area contributed by atoms with Gasteiger partial charge in [-0.1, -0.05) is 12.1 Å². The zero-order chi connectivity index (χ0) is 12.5. The van der Waals surface area contributed by atoms with E-state index in [1.165, 1.54) is 11.3 Å². The van der Waals surface area contributed by atoms with E-state index in [1.54, 1.807) is 7.11 Å². The minimum absolute atomic E-state index is 0.0552. The number of halogens is 1. The van der Waals surface area contributed by atoms with Crippen molar-refractivity contribution >= 4 is 11.6 Å². The molecule has 2 aromatic rings. The lowest BCUT2D eigenvalue weighted by atomic mass is 9.83. The molecule has 1 N–H and O–H groups in total. The van der Waals surface area contributed by atoms with E-state index in [-0.39, 0.29) is 5.38 Å². The van der Waals surface area contributed by atoms with E-state index in [1.807, 2.05) is 18.3 Å². The smallest absolute Gasteiger partial charge is 0.118 e. The van der Waals surface area contributed by atoms with Crippen molar-refractivity contribution < 1.29 is 4.74 Å². The molecule has 1 aliphatic carbocycles. The van der Waals surface area contributed by atoms with Crippen LogP contribution in [0.1, 0.15) is 34.5 Å². The Morgan fingerprint density at radius 2 is 2.11 bits per heavy atom. The van der Waals surface area contributed by atoms with Crippen LogP contribution in [0.4, 0.5) is 0 Å². The summed E-state index contributed by atoms with van der Waals surface area (Å²) >= 11 is 6.41. The molecule has 18 heavy (non-hydrogen) atoms. The predicted molar refractivity (Wildman–Crippen MR) is 71.2 cm³/mol. The number of nitrogens with one attached hydrogen (secondary N) is 1. The second-order valence-electron chi connectivity index (χ2n) is 4.68. The third kappa shape index (κ3) is 1.99. The SMILES string of the molecule is COc1ccc(C2Cc3[nH]ncc3C(Cl)C2)cc1. The van der Waals surface area contributed by atoms with Gasteiger partial charge in [-0.3, -0.25) is 5.10 Å². The van der Waals surface area contributed by atoms with Gasteiger partial charge in [0.2, 0.25) is 0 Å². The second-order valence-corrected chi connectivity index (χ2v) is 5.21. The van der Waals surface area contributed by atoms with Crippen LogP contribution >= 0.6 is 11.6 Å². The van der Waals surface area contributed by atoms with Crippen LogP contribution in [0.5, 0.6) is 5.75 Å². The molecule has 2 unspecified atom stereocenters. The molecule has 0 radical (unpaired) electrons. The van der Waals surface area contributed by atoms with E-state index in [0.29, 0.717) is 5.92 Å². The Morgan fingerprint density at radius 3 is 2.83 bits per heavy atom. The molecule has 1 aromatic carbocycles. The normalized spacial score (nSPS) is 22.6. The number of rotatable bonds is 2. The predicted octanol–water partition coefficient (Wildman–Crippen LogP) is 3.43. The summed E-state index contributed by atoms with van der Waals surface area (Å²) in [6.45, 7) is 0. The summed E-state index contributed by atoms with van der Waals surface area (Å²) in [5.74, 6) is 1.34. The topological polar surface area (TPSA) is 37.9 Å². The van der Waals surface area contributed by atoms with Gasteiger partial charge in [0.1, 0.15) is 5.75 Å². The summed E-state index contributed by atoms with van der Waals surface area (Å²) in [6, 6.07) is 8.24. The Morgan fingerprint density at radius 1 is 1.33 bits per heavy atom. The third-order valence-electron chi connectivity index (χ3n) is 3.62. The summed E-state index contributed by atoms with van der Waals surface area (Å²) in [5.41, 5.74) is 3.63. The molecule has 4 heteroatoms. The summed E-state index contributed by atoms with van der Waals surface area (Å²) in [4.78, 5) is 0. The number of alkyl halides is 1. The van der Waals surface area contributed by atoms with Gasteiger partial charge >= 0.3 is 0 Å². The highest BCUT2D eigenvalue weighted by molar-refractivity contribution is 6.21. The van der Waals surface area contributed by atoms with Crippen LogP contribution < -0.4 is 4.74 Å². The van der Waals surface area contributed by atoms with Crippen molar-refractivity contribution in [3.63, 3.8) is 0 Å². The highest BCUT2D eigenvalue weighted by Gasteiger charge is 2.27. The number of hydrogen-bond acceptors (Lipinski definition) is 2. The molecule has 1 heterocycles. The van der Waals surface area contributed by atoms with E-state index in [0.717, 1.165) is 24.2 Å². The zero-order valence-corrected chi connectivity index (χ0v) is 10.9. The van der Waals surface area contributed by atoms with Crippen molar-refractivity contribution in [2.45, 2.75) is 24.1 Å². The first kappa shape index (κ1) is 11.6. The molecule has 3 nitrogen and oxygen atoms in total. The Kier molecular flexibility index (Phi) is 3.00. The number of aromatic nitrogens is 2. The molecule has 0 amide bonds. The van der Waals surface area contributed by atoms with Crippen molar-refractivity contribution in [2.24, 2.45) is 0 Å². The van der Waals surface area contributed by atoms with Gasteiger partial charge in [-0.25, -0.2) is 0 Å². The average molecular weight is 263 g/mol. The molecular formula is C14H15ClN2O. The standard InChI is InChI=1S/C14H15ClN2O/c1-18-11-4-2-9(3-5-11)10-6-13(15)12-8-16-17-14(12)7-10/h2-5,8,10,13H,6-7H2,1H3,(H,16,17). The van der Waals surface area contributed by atoms with Crippen molar-refractivity contribution in [3.05, 3.63) is 47.3 Å². The molecule has 2 atom stereocenters. The number of H-pyrrole nitrogens is 1. The van der Waals surface area contributed by atoms with E-state index < -0.39 is 0 Å². The van der Waals surface area contributed by atoms with Crippen LogP contribution in [-0.4, -0.2) is 17.3 Å². The fourth-order valence-electron chi connectivity index (χ4n) is 2.59. The minimum Gasteiger partial charge on any atom is -0.497 e. The fraction of sp³-hybridized carbons (Fsp3) is 0.357. The van der Waals surface area contributed by atoms with Gasteiger partial charge in [0.05, 0.1) is 18.7 Å². The van der Waals surface area contributed by atoms with Gasteiger partial charge < -0.3 is 4.74 Å². The monoisotopic (exact) mass is 262 g/mol. The highest BCUT2D eigenvalue weighted by atomic mass is 35.5. The van der Waals surface area contributed by atoms with E-state index in [2.05, 4.69) is 22.3 Å². The highest BCUT2D eigenvalue weighted by Crippen LogP contribution is 2.41. The van der Waals surface area contributed by atoms with Crippen molar-refractivity contribution in [1.29, 1.82) is 0 Å². The first-order chi connectivity index (χ1) is 8.78. The molecular weight excluding hydrogens is 248 g/mol. The van der Waals surface area contributed by atoms with Gasteiger partial charge in [0.25, 0.3) is 0 Å². The molecule has 1 aromatic heterocycles. The van der Waals surface area contributed by atoms with Crippen LogP contribution in [0, 0.1) is 0 Å². The van der Waals surface area contributed by atoms with E-state index in [4.69, 9.17) is 16.3 Å². The van der Waals surface area contributed by atoms with Gasteiger partial charge in [0, 0.05) is 11.3 Å². The maximum absolute atomic E-state index is 6.41. The van der Waals surface area contributed by atoms with Gasteiger partial charge in [-0.05, 0) is 36.5 Å². The number of methoxy groups -OCH3 is 1. The summed E-state index contributed by atoms with van der Waals surface area (Å²) < 4.78 is 5.18. The Bertz CT molecular complexity index is 535. The maximum Gasteiger partial charge on any atom is 0.118 e. The van der Waals surface area contributed by atoms with Crippen LogP contribution in [0.2, 0.25) is 0 Å². The van der Waals surface area contributed by atoms with Crippen LogP contribution in [0.25, 0.3) is 0 Å². The number of benzene rings is 1. The molecule has 0 aliphatic heterocycles. The van der Waals surface area contributed by atoms with Crippen molar-refractivity contribution in [1.82, 2.24) is 10.2 Å². The van der Waals surface area contributed by atoms with E-state index in [9.17, 15) is 0 Å². The van der Waals surface area contributed by atoms with Gasteiger partial charge in [0.15, 0.2) is 0 Å². The van der Waals surface area contributed by atoms with Gasteiger partial charge in [-0.15, -0.1) is 11.6 Å². The summed E-state index contributed by atoms with van der Waals surface area (Å²) in [5, 5.41) is 7.19. The number of hydrogen-bond donors (Lipinski definition) is 1. The largest absolute Gasteiger partial charge is 0.497 e. The molecule has 3 rings (SSSR count). The van der Waals surface area contributed by atoms with Crippen LogP contribution in [0.15, 0.2) is 30.5 Å². The zero-order valence-electron chi connectivity index (χ0n) is 10.2. The Balaban J connectivity index is 1.86. The first-order valence-electron chi connectivity index (χ1n) is 6.08. The van der Waals surface area contributed by atoms with Crippen LogP contribution in [-0.2, 0) is 6.42 Å². The number of ether oxygens (including phenoxy) is 1. The molecule has 0 bridgehead atoms. The second kappa shape index (κ2) is 4.65. The molecule has 0 fully saturated rings. The molecule has 0 saturated heterocycles. The number of aromatic amines is 1. The lowest BCUT2D eigenvalue weighted by Crippen LogP contribution is -2.13. The average Bonchev–Trinajstić information content (AvgIpc) is 2.88. The molecule has 0 saturated carbocycles. The quantitative estimate of drug-likeness (QED) is 0.842. The Labute approximate surface area is 111 Å². The summed E-state index contributed by atoms with van der Waals surface area (Å²) in [7, 11) is 1.68. The molecule has 94 valence electrons. The van der Waals surface area contributed by atoms with Crippen LogP contribution in [0.3, 0.4) is 0 Å². The third-order valence-corrected chi connectivity index (χ3v) is 4.03. The van der Waals surface area contributed by atoms with Gasteiger partial charge in [-0.2, -0.15) is 5.10 Å².